The molecule has 66 valence electrons. The molecule has 1 heterocycles. The van der Waals surface area contributed by atoms with Gasteiger partial charge in [-0.05, 0) is 19.1 Å². The Hall–Kier alpha value is -1.29. The van der Waals surface area contributed by atoms with E-state index in [1.807, 2.05) is 13.0 Å². The minimum atomic E-state index is -0.245. The highest BCUT2D eigenvalue weighted by Crippen LogP contribution is 2.23. The van der Waals surface area contributed by atoms with E-state index in [9.17, 15) is 4.39 Å². The molecule has 0 amide bonds. The fourth-order valence-electron chi connectivity index (χ4n) is 1.03. The van der Waals surface area contributed by atoms with Gasteiger partial charge in [0, 0.05) is 5.56 Å². The van der Waals surface area contributed by atoms with Crippen molar-refractivity contribution in [1.82, 2.24) is 10.2 Å². The number of halogens is 1. The van der Waals surface area contributed by atoms with Crippen LogP contribution in [0.5, 0.6) is 0 Å². The van der Waals surface area contributed by atoms with Crippen molar-refractivity contribution in [2.45, 2.75) is 6.92 Å². The molecule has 0 unspecified atom stereocenters. The molecule has 2 rings (SSSR count). The molecule has 0 saturated carbocycles. The molecule has 0 N–H and O–H groups in total. The van der Waals surface area contributed by atoms with E-state index >= 15 is 0 Å². The van der Waals surface area contributed by atoms with Crippen LogP contribution < -0.4 is 0 Å². The lowest BCUT2D eigenvalue weighted by Crippen LogP contribution is -1.78. The molecule has 0 spiro atoms. The molecule has 2 aromatic rings. The zero-order valence-corrected chi connectivity index (χ0v) is 7.81. The zero-order valence-electron chi connectivity index (χ0n) is 6.99. The Kier molecular flexibility index (Phi) is 2.06. The number of aryl methyl sites for hydroxylation is 1. The third-order valence-corrected chi connectivity index (χ3v) is 2.49. The number of aromatic nitrogens is 2. The number of hydrogen-bond acceptors (Lipinski definition) is 3. The van der Waals surface area contributed by atoms with Crippen LogP contribution in [-0.4, -0.2) is 10.2 Å². The lowest BCUT2D eigenvalue weighted by molar-refractivity contribution is 0.628. The van der Waals surface area contributed by atoms with Gasteiger partial charge >= 0.3 is 0 Å². The molecule has 0 bridgehead atoms. The van der Waals surface area contributed by atoms with Crippen LogP contribution in [0.2, 0.25) is 0 Å². The minimum Gasteiger partial charge on any atom is -0.207 e. The van der Waals surface area contributed by atoms with Crippen LogP contribution >= 0.6 is 11.3 Å². The highest BCUT2D eigenvalue weighted by atomic mass is 32.1. The highest BCUT2D eigenvalue weighted by Gasteiger charge is 2.03. The van der Waals surface area contributed by atoms with Crippen LogP contribution in [0.15, 0.2) is 24.3 Å². The highest BCUT2D eigenvalue weighted by molar-refractivity contribution is 7.14. The Morgan fingerprint density at radius 1 is 1.31 bits per heavy atom. The summed E-state index contributed by atoms with van der Waals surface area (Å²) in [5.41, 5.74) is 0.783. The molecule has 13 heavy (non-hydrogen) atoms. The number of rotatable bonds is 1. The van der Waals surface area contributed by atoms with Gasteiger partial charge < -0.3 is 0 Å². The molecule has 0 saturated heterocycles. The maximum absolute atomic E-state index is 12.8. The van der Waals surface area contributed by atoms with Gasteiger partial charge in [-0.1, -0.05) is 23.5 Å². The van der Waals surface area contributed by atoms with Crippen LogP contribution in [0.25, 0.3) is 10.6 Å². The van der Waals surface area contributed by atoms with Gasteiger partial charge in [0.1, 0.15) is 15.8 Å². The Balaban J connectivity index is 2.46. The first-order chi connectivity index (χ1) is 6.25. The van der Waals surface area contributed by atoms with Crippen molar-refractivity contribution in [3.8, 4) is 10.6 Å². The maximum Gasteiger partial charge on any atom is 0.147 e. The van der Waals surface area contributed by atoms with Gasteiger partial charge in [-0.25, -0.2) is 4.39 Å². The monoisotopic (exact) mass is 194 g/mol. The van der Waals surface area contributed by atoms with E-state index in [1.165, 1.54) is 23.5 Å². The molecular weight excluding hydrogens is 187 g/mol. The molecular formula is C9H7FN2S. The Morgan fingerprint density at radius 3 is 2.77 bits per heavy atom. The van der Waals surface area contributed by atoms with Gasteiger partial charge in [0.05, 0.1) is 0 Å². The van der Waals surface area contributed by atoms with Crippen molar-refractivity contribution in [2.75, 3.05) is 0 Å². The Labute approximate surface area is 79.1 Å². The van der Waals surface area contributed by atoms with E-state index in [4.69, 9.17) is 0 Å². The number of benzene rings is 1. The normalized spacial score (nSPS) is 10.3. The van der Waals surface area contributed by atoms with Crippen molar-refractivity contribution in [2.24, 2.45) is 0 Å². The van der Waals surface area contributed by atoms with Crippen molar-refractivity contribution in [3.05, 3.63) is 35.1 Å². The van der Waals surface area contributed by atoms with Gasteiger partial charge in [0.25, 0.3) is 0 Å². The third kappa shape index (κ3) is 1.72. The van der Waals surface area contributed by atoms with Crippen molar-refractivity contribution in [1.29, 1.82) is 0 Å². The van der Waals surface area contributed by atoms with E-state index in [1.54, 1.807) is 6.07 Å². The summed E-state index contributed by atoms with van der Waals surface area (Å²) in [5, 5.41) is 9.45. The Morgan fingerprint density at radius 2 is 2.15 bits per heavy atom. The van der Waals surface area contributed by atoms with Crippen LogP contribution in [0.3, 0.4) is 0 Å². The van der Waals surface area contributed by atoms with E-state index < -0.39 is 0 Å². The first kappa shape index (κ1) is 8.31. The zero-order chi connectivity index (χ0) is 9.26. The summed E-state index contributed by atoms with van der Waals surface area (Å²) >= 11 is 1.46. The minimum absolute atomic E-state index is 0.245. The van der Waals surface area contributed by atoms with Crippen molar-refractivity contribution < 1.29 is 4.39 Å². The van der Waals surface area contributed by atoms with Crippen LogP contribution in [0.1, 0.15) is 5.01 Å². The quantitative estimate of drug-likeness (QED) is 0.697. The summed E-state index contributed by atoms with van der Waals surface area (Å²) < 4.78 is 12.8. The van der Waals surface area contributed by atoms with Crippen LogP contribution in [-0.2, 0) is 0 Å². The first-order valence-corrected chi connectivity index (χ1v) is 4.63. The molecule has 1 aromatic heterocycles. The average Bonchev–Trinajstić information content (AvgIpc) is 2.52. The van der Waals surface area contributed by atoms with Crippen LogP contribution in [0.4, 0.5) is 4.39 Å². The number of hydrogen-bond donors (Lipinski definition) is 0. The second kappa shape index (κ2) is 3.22. The lowest BCUT2D eigenvalue weighted by Gasteiger charge is -1.93. The van der Waals surface area contributed by atoms with E-state index in [0.717, 1.165) is 15.6 Å². The summed E-state index contributed by atoms with van der Waals surface area (Å²) in [7, 11) is 0. The molecule has 1 aromatic carbocycles. The second-order valence-corrected chi connectivity index (χ2v) is 3.82. The summed E-state index contributed by atoms with van der Waals surface area (Å²) in [5.74, 6) is -0.245. The summed E-state index contributed by atoms with van der Waals surface area (Å²) in [6, 6.07) is 6.36. The molecule has 0 aliphatic carbocycles. The second-order valence-electron chi connectivity index (χ2n) is 2.64. The SMILES string of the molecule is Cc1nnc(-c2cccc(F)c2)s1. The van der Waals surface area contributed by atoms with Gasteiger partial charge in [-0.15, -0.1) is 10.2 Å². The first-order valence-electron chi connectivity index (χ1n) is 3.82. The van der Waals surface area contributed by atoms with Gasteiger partial charge in [0.2, 0.25) is 0 Å². The van der Waals surface area contributed by atoms with Gasteiger partial charge in [-0.3, -0.25) is 0 Å². The third-order valence-electron chi connectivity index (χ3n) is 1.60. The van der Waals surface area contributed by atoms with E-state index in [2.05, 4.69) is 10.2 Å². The molecule has 0 atom stereocenters. The molecule has 0 aliphatic rings. The fourth-order valence-corrected chi connectivity index (χ4v) is 1.72. The maximum atomic E-state index is 12.8. The largest absolute Gasteiger partial charge is 0.207 e. The Bertz CT molecular complexity index is 425. The average molecular weight is 194 g/mol. The van der Waals surface area contributed by atoms with E-state index in [0.29, 0.717) is 0 Å². The topological polar surface area (TPSA) is 25.8 Å². The standard InChI is InChI=1S/C9H7FN2S/c1-6-11-12-9(13-6)7-3-2-4-8(10)5-7/h2-5H,1H3. The predicted molar refractivity (Wildman–Crippen MR) is 50.0 cm³/mol. The predicted octanol–water partition coefficient (Wildman–Crippen LogP) is 2.65. The van der Waals surface area contributed by atoms with Gasteiger partial charge in [-0.2, -0.15) is 0 Å². The van der Waals surface area contributed by atoms with Crippen molar-refractivity contribution >= 4 is 11.3 Å². The smallest absolute Gasteiger partial charge is 0.147 e. The van der Waals surface area contributed by atoms with Gasteiger partial charge in [0.15, 0.2) is 0 Å². The molecule has 0 fully saturated rings. The summed E-state index contributed by atoms with van der Waals surface area (Å²) in [6.45, 7) is 1.88. The summed E-state index contributed by atoms with van der Waals surface area (Å²) in [4.78, 5) is 0. The van der Waals surface area contributed by atoms with Crippen molar-refractivity contribution in [3.63, 3.8) is 0 Å². The number of nitrogens with zero attached hydrogens (tertiary/aromatic N) is 2. The fraction of sp³-hybridized carbons (Fsp3) is 0.111. The van der Waals surface area contributed by atoms with Crippen LogP contribution in [0, 0.1) is 12.7 Å². The summed E-state index contributed by atoms with van der Waals surface area (Å²) in [6.07, 6.45) is 0. The molecule has 2 nitrogen and oxygen atoms in total. The molecule has 4 heteroatoms. The molecule has 0 aliphatic heterocycles. The lowest BCUT2D eigenvalue weighted by atomic mass is 10.2. The van der Waals surface area contributed by atoms with E-state index in [-0.39, 0.29) is 5.82 Å². The molecule has 0 radical (unpaired) electrons.